The van der Waals surface area contributed by atoms with Gasteiger partial charge in [0, 0.05) is 36.5 Å². The zero-order chi connectivity index (χ0) is 22.3. The van der Waals surface area contributed by atoms with Crippen LogP contribution in [-0.4, -0.2) is 41.9 Å². The second kappa shape index (κ2) is 10.4. The van der Waals surface area contributed by atoms with Crippen LogP contribution in [0.15, 0.2) is 54.6 Å². The lowest BCUT2D eigenvalue weighted by atomic mass is 10.1. The maximum atomic E-state index is 12.6. The van der Waals surface area contributed by atoms with Gasteiger partial charge in [0.1, 0.15) is 5.75 Å². The van der Waals surface area contributed by atoms with Crippen LogP contribution in [0.5, 0.6) is 5.75 Å². The Morgan fingerprint density at radius 3 is 2.69 bits per heavy atom. The zero-order valence-electron chi connectivity index (χ0n) is 18.0. The molecular formula is C24H26N4O3S. The molecule has 2 amide bonds. The molecule has 2 aromatic carbocycles. The van der Waals surface area contributed by atoms with Gasteiger partial charge in [0.15, 0.2) is 5.13 Å². The third-order valence-electron chi connectivity index (χ3n) is 5.19. The minimum Gasteiger partial charge on any atom is -0.493 e. The van der Waals surface area contributed by atoms with Gasteiger partial charge in [-0.15, -0.1) is 11.3 Å². The number of benzene rings is 2. The number of nitrogens with one attached hydrogen (secondary N) is 2. The van der Waals surface area contributed by atoms with Crippen molar-refractivity contribution in [3.63, 3.8) is 0 Å². The number of anilines is 1. The van der Waals surface area contributed by atoms with E-state index < -0.39 is 0 Å². The standard InChI is InChI=1S/C24H26N4O3S/c1-28-13-11-20-21(16-28)32-24(26-20)27-23(30)18-9-7-17(8-10-18)15-25-22(29)12-14-31-19-5-3-2-4-6-19/h2-10H,11-16H2,1H3,(H,25,29)(H,26,27,30). The SMILES string of the molecule is CN1CCc2nc(NC(=O)c3ccc(CNC(=O)CCOc4ccccc4)cc3)sc2C1. The average molecular weight is 451 g/mol. The summed E-state index contributed by atoms with van der Waals surface area (Å²) in [4.78, 5) is 32.6. The number of fused-ring (bicyclic) bond motifs is 1. The van der Waals surface area contributed by atoms with Gasteiger partial charge >= 0.3 is 0 Å². The van der Waals surface area contributed by atoms with E-state index in [1.807, 2.05) is 42.5 Å². The molecule has 166 valence electrons. The van der Waals surface area contributed by atoms with E-state index in [9.17, 15) is 9.59 Å². The van der Waals surface area contributed by atoms with E-state index in [1.165, 1.54) is 16.2 Å². The number of carbonyl (C=O) groups is 2. The van der Waals surface area contributed by atoms with Crippen molar-refractivity contribution in [2.75, 3.05) is 25.5 Å². The Morgan fingerprint density at radius 2 is 1.91 bits per heavy atom. The average Bonchev–Trinajstić information content (AvgIpc) is 3.20. The number of hydrogen-bond acceptors (Lipinski definition) is 6. The van der Waals surface area contributed by atoms with Crippen molar-refractivity contribution in [2.24, 2.45) is 0 Å². The number of ether oxygens (including phenoxy) is 1. The van der Waals surface area contributed by atoms with Crippen LogP contribution in [0.3, 0.4) is 0 Å². The number of para-hydroxylation sites is 1. The number of carbonyl (C=O) groups excluding carboxylic acids is 2. The number of hydrogen-bond donors (Lipinski definition) is 2. The van der Waals surface area contributed by atoms with Gasteiger partial charge in [0.25, 0.3) is 5.91 Å². The summed E-state index contributed by atoms with van der Waals surface area (Å²) in [6.45, 7) is 2.59. The molecule has 0 aliphatic carbocycles. The molecule has 1 aromatic heterocycles. The monoisotopic (exact) mass is 450 g/mol. The quantitative estimate of drug-likeness (QED) is 0.549. The summed E-state index contributed by atoms with van der Waals surface area (Å²) in [5.74, 6) is 0.485. The molecule has 3 aromatic rings. The Hall–Kier alpha value is -3.23. The van der Waals surface area contributed by atoms with E-state index in [1.54, 1.807) is 12.1 Å². The van der Waals surface area contributed by atoms with Crippen LogP contribution < -0.4 is 15.4 Å². The Kier molecular flexibility index (Phi) is 7.14. The molecule has 1 aliphatic rings. The van der Waals surface area contributed by atoms with E-state index in [-0.39, 0.29) is 18.2 Å². The molecule has 32 heavy (non-hydrogen) atoms. The van der Waals surface area contributed by atoms with Crippen LogP contribution in [0.1, 0.15) is 32.9 Å². The molecule has 8 heteroatoms. The van der Waals surface area contributed by atoms with E-state index in [2.05, 4.69) is 27.6 Å². The molecule has 0 atom stereocenters. The number of nitrogens with zero attached hydrogens (tertiary/aromatic N) is 2. The molecular weight excluding hydrogens is 424 g/mol. The van der Waals surface area contributed by atoms with Crippen molar-refractivity contribution in [3.8, 4) is 5.75 Å². The van der Waals surface area contributed by atoms with E-state index in [0.717, 1.165) is 36.5 Å². The van der Waals surface area contributed by atoms with Crippen LogP contribution in [-0.2, 0) is 24.3 Å². The maximum absolute atomic E-state index is 12.6. The minimum atomic E-state index is -0.182. The lowest BCUT2D eigenvalue weighted by Crippen LogP contribution is -2.25. The Bertz CT molecular complexity index is 1070. The molecule has 7 nitrogen and oxygen atoms in total. The van der Waals surface area contributed by atoms with Crippen LogP contribution >= 0.6 is 11.3 Å². The van der Waals surface area contributed by atoms with Crippen molar-refractivity contribution >= 4 is 28.3 Å². The molecule has 2 heterocycles. The number of rotatable bonds is 8. The van der Waals surface area contributed by atoms with Crippen molar-refractivity contribution in [3.05, 3.63) is 76.3 Å². The van der Waals surface area contributed by atoms with Gasteiger partial charge in [-0.25, -0.2) is 4.98 Å². The van der Waals surface area contributed by atoms with Crippen molar-refractivity contribution < 1.29 is 14.3 Å². The smallest absolute Gasteiger partial charge is 0.257 e. The molecule has 0 spiro atoms. The number of thiazole rings is 1. The topological polar surface area (TPSA) is 83.6 Å². The summed E-state index contributed by atoms with van der Waals surface area (Å²) in [5, 5.41) is 6.42. The lowest BCUT2D eigenvalue weighted by molar-refractivity contribution is -0.121. The van der Waals surface area contributed by atoms with Gasteiger partial charge in [-0.1, -0.05) is 30.3 Å². The summed E-state index contributed by atoms with van der Waals surface area (Å²) >= 11 is 1.54. The van der Waals surface area contributed by atoms with Gasteiger partial charge in [0.2, 0.25) is 5.91 Å². The van der Waals surface area contributed by atoms with Crippen LogP contribution in [0.25, 0.3) is 0 Å². The largest absolute Gasteiger partial charge is 0.493 e. The van der Waals surface area contributed by atoms with Gasteiger partial charge in [-0.2, -0.15) is 0 Å². The molecule has 2 N–H and O–H groups in total. The van der Waals surface area contributed by atoms with Gasteiger partial charge in [-0.05, 0) is 36.9 Å². The van der Waals surface area contributed by atoms with Crippen LogP contribution in [0.2, 0.25) is 0 Å². The third-order valence-corrected chi connectivity index (χ3v) is 6.19. The zero-order valence-corrected chi connectivity index (χ0v) is 18.8. The first-order chi connectivity index (χ1) is 15.6. The molecule has 0 fully saturated rings. The fraction of sp³-hybridized carbons (Fsp3) is 0.292. The summed E-state index contributed by atoms with van der Waals surface area (Å²) in [6.07, 6.45) is 1.19. The minimum absolute atomic E-state index is 0.0823. The Morgan fingerprint density at radius 1 is 1.12 bits per heavy atom. The molecule has 0 saturated carbocycles. The van der Waals surface area contributed by atoms with Gasteiger partial charge in [0.05, 0.1) is 18.7 Å². The van der Waals surface area contributed by atoms with Crippen molar-refractivity contribution in [2.45, 2.75) is 25.9 Å². The highest BCUT2D eigenvalue weighted by molar-refractivity contribution is 7.15. The lowest BCUT2D eigenvalue weighted by Gasteiger charge is -2.20. The summed E-state index contributed by atoms with van der Waals surface area (Å²) in [7, 11) is 2.09. The fourth-order valence-electron chi connectivity index (χ4n) is 3.39. The van der Waals surface area contributed by atoms with Crippen molar-refractivity contribution in [1.82, 2.24) is 15.2 Å². The highest BCUT2D eigenvalue weighted by atomic mass is 32.1. The van der Waals surface area contributed by atoms with Crippen LogP contribution in [0.4, 0.5) is 5.13 Å². The second-order valence-electron chi connectivity index (χ2n) is 7.72. The van der Waals surface area contributed by atoms with Crippen LogP contribution in [0, 0.1) is 0 Å². The molecule has 0 unspecified atom stereocenters. The van der Waals surface area contributed by atoms with Gasteiger partial charge in [-0.3, -0.25) is 14.9 Å². The summed E-state index contributed by atoms with van der Waals surface area (Å²) in [5.41, 5.74) is 2.57. The normalized spacial score (nSPS) is 13.3. The highest BCUT2D eigenvalue weighted by Crippen LogP contribution is 2.28. The Labute approximate surface area is 191 Å². The first-order valence-corrected chi connectivity index (χ1v) is 11.4. The predicted octanol–water partition coefficient (Wildman–Crippen LogP) is 3.47. The van der Waals surface area contributed by atoms with E-state index in [0.29, 0.717) is 23.8 Å². The molecule has 4 rings (SSSR count). The second-order valence-corrected chi connectivity index (χ2v) is 8.80. The first-order valence-electron chi connectivity index (χ1n) is 10.6. The number of aromatic nitrogens is 1. The number of amides is 2. The first kappa shape index (κ1) is 22.0. The molecule has 0 radical (unpaired) electrons. The summed E-state index contributed by atoms with van der Waals surface area (Å²) in [6, 6.07) is 16.6. The Balaban J connectivity index is 1.22. The van der Waals surface area contributed by atoms with E-state index >= 15 is 0 Å². The van der Waals surface area contributed by atoms with E-state index in [4.69, 9.17) is 4.74 Å². The third kappa shape index (κ3) is 5.93. The molecule has 1 aliphatic heterocycles. The maximum Gasteiger partial charge on any atom is 0.257 e. The van der Waals surface area contributed by atoms with Gasteiger partial charge < -0.3 is 15.0 Å². The summed E-state index contributed by atoms with van der Waals surface area (Å²) < 4.78 is 5.54. The number of likely N-dealkylation sites (N-methyl/N-ethyl adjacent to an activating group) is 1. The predicted molar refractivity (Wildman–Crippen MR) is 125 cm³/mol. The molecule has 0 bridgehead atoms. The molecule has 0 saturated heterocycles. The fourth-order valence-corrected chi connectivity index (χ4v) is 4.47. The highest BCUT2D eigenvalue weighted by Gasteiger charge is 2.19. The van der Waals surface area contributed by atoms with Crippen molar-refractivity contribution in [1.29, 1.82) is 0 Å².